The molecule has 0 amide bonds. The van der Waals surface area contributed by atoms with E-state index < -0.39 is 0 Å². The van der Waals surface area contributed by atoms with E-state index in [2.05, 4.69) is 16.7 Å². The van der Waals surface area contributed by atoms with E-state index in [4.69, 9.17) is 10.2 Å². The van der Waals surface area contributed by atoms with Crippen LogP contribution in [0.3, 0.4) is 0 Å². The lowest BCUT2D eigenvalue weighted by Crippen LogP contribution is -2.35. The lowest BCUT2D eigenvalue weighted by atomic mass is 10.0. The largest absolute Gasteiger partial charge is 0.395 e. The minimum Gasteiger partial charge on any atom is -0.395 e. The van der Waals surface area contributed by atoms with Gasteiger partial charge in [0.25, 0.3) is 0 Å². The first-order valence-corrected chi connectivity index (χ1v) is 14.1. The molecule has 6 heteroatoms. The van der Waals surface area contributed by atoms with E-state index >= 15 is 0 Å². The third-order valence-electron chi connectivity index (χ3n) is 6.53. The van der Waals surface area contributed by atoms with Crippen molar-refractivity contribution < 1.29 is 15.3 Å². The molecule has 0 aromatic heterocycles. The first-order valence-electron chi connectivity index (χ1n) is 14.1. The van der Waals surface area contributed by atoms with Crippen molar-refractivity contribution in [2.45, 2.75) is 116 Å². The first-order chi connectivity index (χ1) is 15.8. The highest BCUT2D eigenvalue weighted by molar-refractivity contribution is 5.85. The van der Waals surface area contributed by atoms with Crippen molar-refractivity contribution in [2.75, 3.05) is 59.1 Å². The van der Waals surface area contributed by atoms with E-state index in [0.29, 0.717) is 13.1 Å². The lowest BCUT2D eigenvalue weighted by molar-refractivity contribution is 0.147. The molecular formula is C27H59ClN2O3. The molecule has 0 aliphatic rings. The van der Waals surface area contributed by atoms with Gasteiger partial charge in [-0.2, -0.15) is 0 Å². The van der Waals surface area contributed by atoms with Gasteiger partial charge in [0.2, 0.25) is 0 Å². The number of aliphatic hydroxyl groups is 3. The van der Waals surface area contributed by atoms with Crippen LogP contribution >= 0.6 is 12.4 Å². The minimum atomic E-state index is 0. The number of nitrogens with zero attached hydrogens (tertiary/aromatic N) is 2. The third-order valence-corrected chi connectivity index (χ3v) is 6.53. The maximum absolute atomic E-state index is 9.33. The van der Waals surface area contributed by atoms with Crippen LogP contribution in [-0.4, -0.2) is 84.2 Å². The molecule has 0 rings (SSSR count). The topological polar surface area (TPSA) is 67.2 Å². The maximum atomic E-state index is 9.33. The molecule has 0 fully saturated rings. The third kappa shape index (κ3) is 26.5. The number of aliphatic hydroxyl groups excluding tert-OH is 3. The highest BCUT2D eigenvalue weighted by Gasteiger charge is 2.07. The Bertz CT molecular complexity index is 345. The second-order valence-corrected chi connectivity index (χ2v) is 9.51. The molecule has 0 saturated heterocycles. The molecule has 0 aliphatic carbocycles. The molecule has 0 spiro atoms. The molecule has 0 aromatic carbocycles. The summed E-state index contributed by atoms with van der Waals surface area (Å²) in [5.41, 5.74) is 0. The quantitative estimate of drug-likeness (QED) is 0.129. The number of unbranched alkanes of at least 4 members (excludes halogenated alkanes) is 15. The fourth-order valence-corrected chi connectivity index (χ4v) is 4.50. The van der Waals surface area contributed by atoms with Crippen LogP contribution in [0.25, 0.3) is 0 Å². The van der Waals surface area contributed by atoms with Crippen molar-refractivity contribution >= 4 is 12.4 Å². The fraction of sp³-hybridized carbons (Fsp3) is 1.00. The van der Waals surface area contributed by atoms with Gasteiger partial charge in [-0.25, -0.2) is 0 Å². The Kier molecular flexibility index (Phi) is 32.2. The van der Waals surface area contributed by atoms with Gasteiger partial charge in [0.05, 0.1) is 19.8 Å². The summed E-state index contributed by atoms with van der Waals surface area (Å²) in [5.74, 6) is 0. The van der Waals surface area contributed by atoms with Gasteiger partial charge in [-0.15, -0.1) is 12.4 Å². The predicted molar refractivity (Wildman–Crippen MR) is 146 cm³/mol. The summed E-state index contributed by atoms with van der Waals surface area (Å²) in [4.78, 5) is 4.46. The molecule has 0 aliphatic heterocycles. The average molecular weight is 495 g/mol. The molecule has 0 saturated carbocycles. The lowest BCUT2D eigenvalue weighted by Gasteiger charge is -2.24. The zero-order valence-electron chi connectivity index (χ0n) is 22.0. The van der Waals surface area contributed by atoms with Crippen LogP contribution in [-0.2, 0) is 0 Å². The Morgan fingerprint density at radius 2 is 0.636 bits per heavy atom. The Morgan fingerprint density at radius 1 is 0.364 bits per heavy atom. The van der Waals surface area contributed by atoms with Gasteiger partial charge in [-0.05, 0) is 32.5 Å². The minimum absolute atomic E-state index is 0. The van der Waals surface area contributed by atoms with Crippen LogP contribution in [0, 0.1) is 0 Å². The SMILES string of the molecule is CCCCCCCCCCCCCCCCCCN(CCO)CCCN(CCO)CCO.Cl. The molecule has 3 N–H and O–H groups in total. The van der Waals surface area contributed by atoms with Crippen LogP contribution < -0.4 is 0 Å². The van der Waals surface area contributed by atoms with Gasteiger partial charge in [0, 0.05) is 19.6 Å². The van der Waals surface area contributed by atoms with Gasteiger partial charge in [0.1, 0.15) is 0 Å². The van der Waals surface area contributed by atoms with Crippen molar-refractivity contribution in [3.63, 3.8) is 0 Å². The molecule has 0 bridgehead atoms. The number of halogens is 1. The van der Waals surface area contributed by atoms with E-state index in [1.54, 1.807) is 0 Å². The smallest absolute Gasteiger partial charge is 0.0558 e. The number of hydrogen-bond donors (Lipinski definition) is 3. The van der Waals surface area contributed by atoms with Crippen molar-refractivity contribution in [1.82, 2.24) is 9.80 Å². The second-order valence-electron chi connectivity index (χ2n) is 9.51. The Balaban J connectivity index is 0. The van der Waals surface area contributed by atoms with E-state index in [1.807, 2.05) is 0 Å². The summed E-state index contributed by atoms with van der Waals surface area (Å²) >= 11 is 0. The van der Waals surface area contributed by atoms with Crippen LogP contribution in [0.5, 0.6) is 0 Å². The first kappa shape index (κ1) is 35.3. The van der Waals surface area contributed by atoms with Crippen LogP contribution in [0.2, 0.25) is 0 Å². The molecule has 33 heavy (non-hydrogen) atoms. The van der Waals surface area contributed by atoms with Crippen LogP contribution in [0.1, 0.15) is 116 Å². The molecule has 0 heterocycles. The molecule has 0 aromatic rings. The van der Waals surface area contributed by atoms with Crippen LogP contribution in [0.15, 0.2) is 0 Å². The summed E-state index contributed by atoms with van der Waals surface area (Å²) in [5, 5.41) is 27.5. The van der Waals surface area contributed by atoms with Gasteiger partial charge in [-0.3, -0.25) is 4.90 Å². The van der Waals surface area contributed by atoms with Gasteiger partial charge in [-0.1, -0.05) is 103 Å². The Morgan fingerprint density at radius 3 is 0.970 bits per heavy atom. The summed E-state index contributed by atoms with van der Waals surface area (Å²) in [6.07, 6.45) is 23.3. The monoisotopic (exact) mass is 494 g/mol. The normalized spacial score (nSPS) is 11.5. The standard InChI is InChI=1S/C27H58N2O3.ClH/c1-2-3-4-5-6-7-8-9-10-11-12-13-14-15-16-17-19-28(22-25-30)20-18-21-29(23-26-31)24-27-32;/h30-32H,2-27H2,1H3;1H. The second kappa shape index (κ2) is 30.1. The Hall–Kier alpha value is 0.0900. The van der Waals surface area contributed by atoms with Crippen LogP contribution in [0.4, 0.5) is 0 Å². The molecule has 5 nitrogen and oxygen atoms in total. The van der Waals surface area contributed by atoms with E-state index in [1.165, 1.54) is 103 Å². The van der Waals surface area contributed by atoms with Crippen molar-refractivity contribution in [2.24, 2.45) is 0 Å². The van der Waals surface area contributed by atoms with E-state index in [-0.39, 0.29) is 32.2 Å². The molecule has 0 unspecified atom stereocenters. The van der Waals surface area contributed by atoms with Gasteiger partial charge in [0.15, 0.2) is 0 Å². The maximum Gasteiger partial charge on any atom is 0.0558 e. The number of hydrogen-bond acceptors (Lipinski definition) is 5. The van der Waals surface area contributed by atoms with Crippen molar-refractivity contribution in [3.8, 4) is 0 Å². The zero-order valence-corrected chi connectivity index (χ0v) is 22.8. The zero-order chi connectivity index (χ0) is 23.5. The molecule has 0 radical (unpaired) electrons. The van der Waals surface area contributed by atoms with Crippen molar-refractivity contribution in [3.05, 3.63) is 0 Å². The summed E-state index contributed by atoms with van der Waals surface area (Å²) in [6, 6.07) is 0. The van der Waals surface area contributed by atoms with E-state index in [0.717, 1.165) is 32.6 Å². The Labute approximate surface area is 212 Å². The van der Waals surface area contributed by atoms with Gasteiger partial charge < -0.3 is 20.2 Å². The predicted octanol–water partition coefficient (Wildman–Crippen LogP) is 5.64. The number of rotatable bonds is 27. The highest BCUT2D eigenvalue weighted by atomic mass is 35.5. The molecule has 202 valence electrons. The molecular weight excluding hydrogens is 436 g/mol. The van der Waals surface area contributed by atoms with E-state index in [9.17, 15) is 5.11 Å². The molecule has 0 atom stereocenters. The highest BCUT2D eigenvalue weighted by Crippen LogP contribution is 2.14. The van der Waals surface area contributed by atoms with Gasteiger partial charge >= 0.3 is 0 Å². The summed E-state index contributed by atoms with van der Waals surface area (Å²) in [7, 11) is 0. The fourth-order valence-electron chi connectivity index (χ4n) is 4.50. The summed E-state index contributed by atoms with van der Waals surface area (Å²) in [6.45, 7) is 7.72. The van der Waals surface area contributed by atoms with Crippen molar-refractivity contribution in [1.29, 1.82) is 0 Å². The summed E-state index contributed by atoms with van der Waals surface area (Å²) < 4.78 is 0. The average Bonchev–Trinajstić information content (AvgIpc) is 2.79.